The number of unbranched alkanes of at least 4 members (excludes halogenated alkanes) is 28. The van der Waals surface area contributed by atoms with E-state index in [1.54, 1.807) is 0 Å². The number of ether oxygens (including phenoxy) is 3. The second-order valence-electron chi connectivity index (χ2n) is 18.1. The number of carbonyl (C=O) groups excluding carboxylic acids is 3. The van der Waals surface area contributed by atoms with E-state index in [2.05, 4.69) is 81.5 Å². The van der Waals surface area contributed by atoms with Crippen molar-refractivity contribution in [2.24, 2.45) is 0 Å². The van der Waals surface area contributed by atoms with Gasteiger partial charge in [-0.1, -0.05) is 248 Å². The van der Waals surface area contributed by atoms with E-state index < -0.39 is 6.10 Å². The molecule has 0 aliphatic carbocycles. The van der Waals surface area contributed by atoms with E-state index in [1.165, 1.54) is 135 Å². The van der Waals surface area contributed by atoms with E-state index in [-0.39, 0.29) is 31.1 Å². The van der Waals surface area contributed by atoms with Crippen LogP contribution in [0.4, 0.5) is 0 Å². The lowest BCUT2D eigenvalue weighted by Crippen LogP contribution is -2.30. The zero-order valence-electron chi connectivity index (χ0n) is 42.3. The minimum absolute atomic E-state index is 0.0722. The standard InChI is InChI=1S/C58H102O6/c1-4-7-10-13-16-19-22-23-24-25-26-27-28-29-30-31-32-33-34-35-37-39-42-45-48-51-57(60)63-54-55(53-62-56(59)50-47-44-41-38-21-18-15-12-9-6-3)64-58(61)52-49-46-43-40-36-20-17-14-11-8-5-2/h7,10,16,19,23-24,26-27,29-30,55H,4-6,8-9,11-15,17-18,20-22,25,28,31-54H2,1-3H3/b10-7-,19-16-,24-23-,27-26-,30-29-. The molecule has 0 N–H and O–H groups in total. The van der Waals surface area contributed by atoms with Gasteiger partial charge in [0.25, 0.3) is 0 Å². The van der Waals surface area contributed by atoms with E-state index in [0.29, 0.717) is 19.3 Å². The van der Waals surface area contributed by atoms with E-state index in [9.17, 15) is 14.4 Å². The molecule has 64 heavy (non-hydrogen) atoms. The minimum atomic E-state index is -0.770. The highest BCUT2D eigenvalue weighted by molar-refractivity contribution is 5.71. The summed E-state index contributed by atoms with van der Waals surface area (Å²) in [7, 11) is 0. The Morgan fingerprint density at radius 3 is 0.953 bits per heavy atom. The maximum Gasteiger partial charge on any atom is 0.306 e. The Bertz CT molecular complexity index is 1170. The first kappa shape index (κ1) is 61.1. The fraction of sp³-hybridized carbons (Fsp3) is 0.776. The van der Waals surface area contributed by atoms with Crippen molar-refractivity contribution in [3.63, 3.8) is 0 Å². The molecule has 0 aliphatic rings. The third-order valence-electron chi connectivity index (χ3n) is 11.8. The molecule has 6 heteroatoms. The highest BCUT2D eigenvalue weighted by atomic mass is 16.6. The highest BCUT2D eigenvalue weighted by Gasteiger charge is 2.19. The summed E-state index contributed by atoms with van der Waals surface area (Å²) in [5.74, 6) is -0.873. The summed E-state index contributed by atoms with van der Waals surface area (Å²) in [6, 6.07) is 0. The second kappa shape index (κ2) is 52.7. The van der Waals surface area contributed by atoms with Crippen LogP contribution in [0.1, 0.15) is 271 Å². The normalized spacial score (nSPS) is 12.5. The molecule has 0 rings (SSSR count). The van der Waals surface area contributed by atoms with Gasteiger partial charge in [0.05, 0.1) is 0 Å². The summed E-state index contributed by atoms with van der Waals surface area (Å²) in [4.78, 5) is 37.9. The van der Waals surface area contributed by atoms with Crippen LogP contribution in [0.15, 0.2) is 60.8 Å². The van der Waals surface area contributed by atoms with Crippen LogP contribution in [0.25, 0.3) is 0 Å². The number of carbonyl (C=O) groups is 3. The van der Waals surface area contributed by atoms with Crippen molar-refractivity contribution in [2.75, 3.05) is 13.2 Å². The van der Waals surface area contributed by atoms with E-state index in [1.807, 2.05) is 0 Å². The van der Waals surface area contributed by atoms with Crippen molar-refractivity contribution in [3.05, 3.63) is 60.8 Å². The number of rotatable bonds is 49. The SMILES string of the molecule is CC/C=C\C/C=C\C/C=C\C/C=C\C/C=C\CCCCCCCCCCCC(=O)OCC(COC(=O)CCCCCCCCCCCC)OC(=O)CCCCCCCCCCCCC. The molecular formula is C58H102O6. The van der Waals surface area contributed by atoms with Crippen LogP contribution in [0.3, 0.4) is 0 Å². The number of esters is 3. The van der Waals surface area contributed by atoms with Crippen LogP contribution >= 0.6 is 0 Å². The molecule has 1 unspecified atom stereocenters. The van der Waals surface area contributed by atoms with Gasteiger partial charge in [0.15, 0.2) is 6.10 Å². The van der Waals surface area contributed by atoms with Gasteiger partial charge in [0, 0.05) is 19.3 Å². The van der Waals surface area contributed by atoms with Crippen molar-refractivity contribution in [1.82, 2.24) is 0 Å². The van der Waals surface area contributed by atoms with Gasteiger partial charge in [0.1, 0.15) is 13.2 Å². The van der Waals surface area contributed by atoms with Gasteiger partial charge in [-0.2, -0.15) is 0 Å². The molecule has 0 bridgehead atoms. The van der Waals surface area contributed by atoms with Crippen LogP contribution < -0.4 is 0 Å². The van der Waals surface area contributed by atoms with Gasteiger partial charge in [-0.3, -0.25) is 14.4 Å². The fourth-order valence-electron chi connectivity index (χ4n) is 7.70. The van der Waals surface area contributed by atoms with Crippen molar-refractivity contribution in [2.45, 2.75) is 277 Å². The Kier molecular flexibility index (Phi) is 50.4. The zero-order valence-corrected chi connectivity index (χ0v) is 42.3. The second-order valence-corrected chi connectivity index (χ2v) is 18.1. The third-order valence-corrected chi connectivity index (χ3v) is 11.8. The zero-order chi connectivity index (χ0) is 46.5. The van der Waals surface area contributed by atoms with Crippen molar-refractivity contribution in [3.8, 4) is 0 Å². The van der Waals surface area contributed by atoms with Crippen LogP contribution in [-0.2, 0) is 28.6 Å². The Morgan fingerprint density at radius 2 is 0.609 bits per heavy atom. The average Bonchev–Trinajstić information content (AvgIpc) is 3.29. The van der Waals surface area contributed by atoms with Crippen LogP contribution in [0.5, 0.6) is 0 Å². The van der Waals surface area contributed by atoms with Gasteiger partial charge in [0.2, 0.25) is 0 Å². The summed E-state index contributed by atoms with van der Waals surface area (Å²) < 4.78 is 16.8. The predicted molar refractivity (Wildman–Crippen MR) is 275 cm³/mol. The number of allylic oxidation sites excluding steroid dienone is 10. The molecule has 0 spiro atoms. The summed E-state index contributed by atoms with van der Waals surface area (Å²) in [6.45, 7) is 6.51. The molecule has 1 atom stereocenters. The maximum atomic E-state index is 12.8. The van der Waals surface area contributed by atoms with Crippen molar-refractivity contribution in [1.29, 1.82) is 0 Å². The Hall–Kier alpha value is -2.89. The monoisotopic (exact) mass is 895 g/mol. The minimum Gasteiger partial charge on any atom is -0.462 e. The van der Waals surface area contributed by atoms with Gasteiger partial charge < -0.3 is 14.2 Å². The molecule has 6 nitrogen and oxygen atoms in total. The lowest BCUT2D eigenvalue weighted by molar-refractivity contribution is -0.167. The lowest BCUT2D eigenvalue weighted by Gasteiger charge is -2.18. The number of hydrogen-bond acceptors (Lipinski definition) is 6. The molecule has 0 aromatic heterocycles. The molecule has 0 saturated heterocycles. The largest absolute Gasteiger partial charge is 0.462 e. The van der Waals surface area contributed by atoms with Crippen LogP contribution in [0, 0.1) is 0 Å². The molecule has 0 aromatic carbocycles. The van der Waals surface area contributed by atoms with E-state index in [4.69, 9.17) is 14.2 Å². The number of hydrogen-bond donors (Lipinski definition) is 0. The third kappa shape index (κ3) is 50.1. The molecule has 0 aromatic rings. The Morgan fingerprint density at radius 1 is 0.328 bits per heavy atom. The van der Waals surface area contributed by atoms with E-state index >= 15 is 0 Å². The Balaban J connectivity index is 4.21. The van der Waals surface area contributed by atoms with Gasteiger partial charge in [-0.15, -0.1) is 0 Å². The molecule has 370 valence electrons. The topological polar surface area (TPSA) is 78.9 Å². The first-order valence-corrected chi connectivity index (χ1v) is 27.3. The Labute approximate surface area is 396 Å². The quantitative estimate of drug-likeness (QED) is 0.0262. The van der Waals surface area contributed by atoms with Gasteiger partial charge in [-0.05, 0) is 64.2 Å². The van der Waals surface area contributed by atoms with E-state index in [0.717, 1.165) is 96.3 Å². The fourth-order valence-corrected chi connectivity index (χ4v) is 7.70. The van der Waals surface area contributed by atoms with Gasteiger partial charge >= 0.3 is 17.9 Å². The molecular weight excluding hydrogens is 793 g/mol. The molecule has 0 heterocycles. The summed E-state index contributed by atoms with van der Waals surface area (Å²) in [6.07, 6.45) is 65.0. The smallest absolute Gasteiger partial charge is 0.306 e. The highest BCUT2D eigenvalue weighted by Crippen LogP contribution is 2.16. The molecule has 0 fully saturated rings. The lowest BCUT2D eigenvalue weighted by atomic mass is 10.1. The summed E-state index contributed by atoms with van der Waals surface area (Å²) in [5.41, 5.74) is 0. The van der Waals surface area contributed by atoms with Crippen molar-refractivity contribution < 1.29 is 28.6 Å². The first-order valence-electron chi connectivity index (χ1n) is 27.3. The maximum absolute atomic E-state index is 12.8. The van der Waals surface area contributed by atoms with Gasteiger partial charge in [-0.25, -0.2) is 0 Å². The first-order chi connectivity index (χ1) is 31.5. The van der Waals surface area contributed by atoms with Crippen LogP contribution in [0.2, 0.25) is 0 Å². The molecule has 0 aliphatic heterocycles. The van der Waals surface area contributed by atoms with Crippen LogP contribution in [-0.4, -0.2) is 37.2 Å². The molecule has 0 saturated carbocycles. The summed E-state index contributed by atoms with van der Waals surface area (Å²) >= 11 is 0. The summed E-state index contributed by atoms with van der Waals surface area (Å²) in [5, 5.41) is 0. The molecule has 0 radical (unpaired) electrons. The predicted octanol–water partition coefficient (Wildman–Crippen LogP) is 18.0. The van der Waals surface area contributed by atoms with Crippen molar-refractivity contribution >= 4 is 17.9 Å². The average molecular weight is 895 g/mol. The molecule has 0 amide bonds.